The third-order valence-corrected chi connectivity index (χ3v) is 3.95. The van der Waals surface area contributed by atoms with Gasteiger partial charge in [0, 0.05) is 0 Å². The van der Waals surface area contributed by atoms with Gasteiger partial charge in [-0.05, 0) is 45.1 Å². The van der Waals surface area contributed by atoms with Crippen LogP contribution in [0.3, 0.4) is 0 Å². The van der Waals surface area contributed by atoms with Crippen LogP contribution in [-0.4, -0.2) is 19.4 Å². The van der Waals surface area contributed by atoms with Crippen LogP contribution in [0.2, 0.25) is 0 Å². The predicted octanol–water partition coefficient (Wildman–Crippen LogP) is 2.12. The third kappa shape index (κ3) is 3.86. The molecule has 1 aliphatic carbocycles. The first kappa shape index (κ1) is 13.7. The van der Waals surface area contributed by atoms with Gasteiger partial charge in [-0.25, -0.2) is 0 Å². The van der Waals surface area contributed by atoms with Crippen LogP contribution in [0, 0.1) is 11.3 Å². The number of nitrogens with zero attached hydrogens (tertiary/aromatic N) is 2. The highest BCUT2D eigenvalue weighted by Gasteiger charge is 2.19. The fourth-order valence-corrected chi connectivity index (χ4v) is 1.73. The van der Waals surface area contributed by atoms with Crippen LogP contribution in [0.15, 0.2) is 16.8 Å². The molecule has 6 heteroatoms. The van der Waals surface area contributed by atoms with Crippen molar-refractivity contribution in [1.29, 1.82) is 5.26 Å². The van der Waals surface area contributed by atoms with Gasteiger partial charge in [0.2, 0.25) is 0 Å². The quantitative estimate of drug-likeness (QED) is 0.570. The lowest BCUT2D eigenvalue weighted by atomic mass is 9.97. The van der Waals surface area contributed by atoms with E-state index in [2.05, 4.69) is 9.44 Å². The van der Waals surface area contributed by atoms with Crippen LogP contribution < -0.4 is 0 Å². The van der Waals surface area contributed by atoms with Crippen molar-refractivity contribution >= 4 is 15.8 Å². The van der Waals surface area contributed by atoms with E-state index in [0.717, 1.165) is 31.3 Å². The lowest BCUT2D eigenvalue weighted by Gasteiger charge is -2.10. The molecule has 0 saturated heterocycles. The SMILES string of the molecule is CC(C)S(=O)(=O)O/N=C(\C#N)C1=CCCCC1. The highest BCUT2D eigenvalue weighted by atomic mass is 32.2. The van der Waals surface area contributed by atoms with Gasteiger partial charge < -0.3 is 0 Å². The summed E-state index contributed by atoms with van der Waals surface area (Å²) in [7, 11) is -3.71. The minimum Gasteiger partial charge on any atom is -0.267 e. The zero-order chi connectivity index (χ0) is 12.9. The van der Waals surface area contributed by atoms with Crippen molar-refractivity contribution in [3.63, 3.8) is 0 Å². The van der Waals surface area contributed by atoms with Gasteiger partial charge >= 0.3 is 10.1 Å². The standard InChI is InChI=1S/C11H16N2O3S/c1-9(2)17(14,15)16-13-11(8-12)10-6-4-3-5-7-10/h6,9H,3-5,7H2,1-2H3/b13-11+. The first-order chi connectivity index (χ1) is 7.97. The molecule has 1 aliphatic rings. The summed E-state index contributed by atoms with van der Waals surface area (Å²) in [5.74, 6) is 0. The summed E-state index contributed by atoms with van der Waals surface area (Å²) in [6, 6.07) is 1.88. The van der Waals surface area contributed by atoms with Gasteiger partial charge in [-0.15, -0.1) is 0 Å². The smallest absolute Gasteiger partial charge is 0.267 e. The minimum atomic E-state index is -3.71. The van der Waals surface area contributed by atoms with E-state index >= 15 is 0 Å². The first-order valence-electron chi connectivity index (χ1n) is 5.57. The highest BCUT2D eigenvalue weighted by molar-refractivity contribution is 7.87. The van der Waals surface area contributed by atoms with Crippen molar-refractivity contribution in [3.05, 3.63) is 11.6 Å². The molecule has 0 heterocycles. The molecule has 0 saturated carbocycles. The van der Waals surface area contributed by atoms with Crippen LogP contribution in [-0.2, 0) is 14.4 Å². The Kier molecular flexibility index (Phi) is 4.70. The summed E-state index contributed by atoms with van der Waals surface area (Å²) >= 11 is 0. The Balaban J connectivity index is 2.82. The zero-order valence-electron chi connectivity index (χ0n) is 10.0. The Hall–Kier alpha value is -1.35. The molecular formula is C11H16N2O3S. The van der Waals surface area contributed by atoms with Crippen LogP contribution in [0.5, 0.6) is 0 Å². The van der Waals surface area contributed by atoms with Gasteiger partial charge in [-0.2, -0.15) is 13.7 Å². The number of oxime groups is 1. The maximum atomic E-state index is 11.4. The second kappa shape index (κ2) is 5.82. The second-order valence-electron chi connectivity index (χ2n) is 4.14. The van der Waals surface area contributed by atoms with Crippen LogP contribution >= 0.6 is 0 Å². The summed E-state index contributed by atoms with van der Waals surface area (Å²) in [5, 5.41) is 11.7. The maximum absolute atomic E-state index is 11.4. The fraction of sp³-hybridized carbons (Fsp3) is 0.636. The molecule has 94 valence electrons. The normalized spacial score (nSPS) is 17.5. The average molecular weight is 256 g/mol. The Labute approximate surface area is 102 Å². The molecule has 0 amide bonds. The molecule has 0 aromatic heterocycles. The topological polar surface area (TPSA) is 79.5 Å². The summed E-state index contributed by atoms with van der Waals surface area (Å²) in [6.07, 6.45) is 5.64. The molecule has 0 N–H and O–H groups in total. The molecule has 0 unspecified atom stereocenters. The first-order valence-corrected chi connectivity index (χ1v) is 7.04. The van der Waals surface area contributed by atoms with E-state index in [0.29, 0.717) is 0 Å². The van der Waals surface area contributed by atoms with Crippen molar-refractivity contribution in [2.45, 2.75) is 44.8 Å². The Bertz CT molecular complexity index is 469. The Morgan fingerprint density at radius 2 is 2.24 bits per heavy atom. The van der Waals surface area contributed by atoms with E-state index < -0.39 is 15.4 Å². The summed E-state index contributed by atoms with van der Waals surface area (Å²) in [4.78, 5) is 0. The summed E-state index contributed by atoms with van der Waals surface area (Å²) in [5.41, 5.74) is 0.839. The van der Waals surface area contributed by atoms with Gasteiger partial charge in [-0.1, -0.05) is 11.2 Å². The van der Waals surface area contributed by atoms with E-state index in [-0.39, 0.29) is 5.71 Å². The van der Waals surface area contributed by atoms with E-state index in [1.54, 1.807) is 0 Å². The number of nitriles is 1. The Morgan fingerprint density at radius 3 is 2.71 bits per heavy atom. The lowest BCUT2D eigenvalue weighted by molar-refractivity contribution is 0.334. The molecule has 0 aliphatic heterocycles. The van der Waals surface area contributed by atoms with Crippen molar-refractivity contribution in [2.24, 2.45) is 5.16 Å². The molecule has 17 heavy (non-hydrogen) atoms. The van der Waals surface area contributed by atoms with Gasteiger partial charge in [0.25, 0.3) is 0 Å². The lowest BCUT2D eigenvalue weighted by Crippen LogP contribution is -2.16. The van der Waals surface area contributed by atoms with Crippen molar-refractivity contribution in [1.82, 2.24) is 0 Å². The van der Waals surface area contributed by atoms with Gasteiger partial charge in [-0.3, -0.25) is 4.28 Å². The highest BCUT2D eigenvalue weighted by Crippen LogP contribution is 2.19. The van der Waals surface area contributed by atoms with E-state index in [4.69, 9.17) is 5.26 Å². The maximum Gasteiger partial charge on any atom is 0.330 e. The molecule has 0 bridgehead atoms. The van der Waals surface area contributed by atoms with E-state index in [9.17, 15) is 8.42 Å². The Morgan fingerprint density at radius 1 is 1.53 bits per heavy atom. The number of rotatable bonds is 4. The predicted molar refractivity (Wildman–Crippen MR) is 64.7 cm³/mol. The van der Waals surface area contributed by atoms with E-state index in [1.165, 1.54) is 13.8 Å². The average Bonchev–Trinajstić information content (AvgIpc) is 2.31. The summed E-state index contributed by atoms with van der Waals surface area (Å²) < 4.78 is 27.2. The zero-order valence-corrected chi connectivity index (χ0v) is 10.8. The van der Waals surface area contributed by atoms with Crippen molar-refractivity contribution in [2.75, 3.05) is 0 Å². The second-order valence-corrected chi connectivity index (χ2v) is 6.22. The summed E-state index contributed by atoms with van der Waals surface area (Å²) in [6.45, 7) is 2.99. The minimum absolute atomic E-state index is 0.0638. The molecule has 0 spiro atoms. The number of hydrogen-bond acceptors (Lipinski definition) is 5. The number of allylic oxidation sites excluding steroid dienone is 2. The fourth-order valence-electron chi connectivity index (χ4n) is 1.38. The van der Waals surface area contributed by atoms with Crippen molar-refractivity contribution < 1.29 is 12.7 Å². The van der Waals surface area contributed by atoms with Gasteiger partial charge in [0.15, 0.2) is 5.71 Å². The molecule has 1 rings (SSSR count). The molecule has 0 aromatic carbocycles. The number of hydrogen-bond donors (Lipinski definition) is 0. The van der Waals surface area contributed by atoms with Gasteiger partial charge in [0.1, 0.15) is 6.07 Å². The van der Waals surface area contributed by atoms with Crippen LogP contribution in [0.1, 0.15) is 39.5 Å². The van der Waals surface area contributed by atoms with Crippen LogP contribution in [0.25, 0.3) is 0 Å². The molecule has 0 radical (unpaired) electrons. The molecule has 0 aromatic rings. The molecule has 0 fully saturated rings. The van der Waals surface area contributed by atoms with E-state index in [1.807, 2.05) is 12.1 Å². The molecule has 0 atom stereocenters. The third-order valence-electron chi connectivity index (χ3n) is 2.51. The van der Waals surface area contributed by atoms with Gasteiger partial charge in [0.05, 0.1) is 5.25 Å². The molecule has 5 nitrogen and oxygen atoms in total. The molecular weight excluding hydrogens is 240 g/mol. The monoisotopic (exact) mass is 256 g/mol. The van der Waals surface area contributed by atoms with Crippen LogP contribution in [0.4, 0.5) is 0 Å². The largest absolute Gasteiger partial charge is 0.330 e. The van der Waals surface area contributed by atoms with Crippen molar-refractivity contribution in [3.8, 4) is 6.07 Å².